The highest BCUT2D eigenvalue weighted by molar-refractivity contribution is 7.13. The van der Waals surface area contributed by atoms with Crippen LogP contribution in [0.5, 0.6) is 0 Å². The number of alkyl halides is 3. The molecule has 5 rings (SSSR count). The zero-order chi connectivity index (χ0) is 24.8. The minimum atomic E-state index is -4.62. The molecule has 1 atom stereocenters. The maximum atomic E-state index is 12.7. The van der Waals surface area contributed by atoms with Gasteiger partial charge in [0.2, 0.25) is 5.95 Å². The molecule has 1 aromatic carbocycles. The highest BCUT2D eigenvalue weighted by atomic mass is 32.1. The molecule has 1 saturated heterocycles. The Morgan fingerprint density at radius 2 is 2.00 bits per heavy atom. The molecular weight excluding hydrogens is 483 g/mol. The number of halogens is 3. The number of anilines is 2. The van der Waals surface area contributed by atoms with Crippen molar-refractivity contribution in [3.63, 3.8) is 0 Å². The van der Waals surface area contributed by atoms with Crippen LogP contribution in [0.25, 0.3) is 22.0 Å². The summed E-state index contributed by atoms with van der Waals surface area (Å²) in [6.07, 6.45) is -2.05. The van der Waals surface area contributed by atoms with Gasteiger partial charge >= 0.3 is 6.30 Å². The number of carbonyl (C=O) groups is 1. The lowest BCUT2D eigenvalue weighted by Gasteiger charge is -2.21. The van der Waals surface area contributed by atoms with E-state index >= 15 is 0 Å². The molecule has 0 spiro atoms. The van der Waals surface area contributed by atoms with Crippen LogP contribution in [0, 0.1) is 0 Å². The largest absolute Gasteiger partial charge is 0.504 e. The first-order valence-electron chi connectivity index (χ1n) is 10.4. The van der Waals surface area contributed by atoms with Crippen LogP contribution in [0.3, 0.4) is 0 Å². The van der Waals surface area contributed by atoms with Gasteiger partial charge in [0.1, 0.15) is 10.7 Å². The number of nitrogens with zero attached hydrogens (tertiary/aromatic N) is 6. The number of hydrogen-bond donors (Lipinski definition) is 2. The smallest absolute Gasteiger partial charge is 0.375 e. The Balaban J connectivity index is 1.38. The maximum absolute atomic E-state index is 12.7. The van der Waals surface area contributed by atoms with Crippen molar-refractivity contribution < 1.29 is 23.1 Å². The number of likely N-dealkylation sites (N-methyl/N-ethyl adjacent to an activating group) is 1. The fourth-order valence-corrected chi connectivity index (χ4v) is 4.57. The molecule has 2 N–H and O–H groups in total. The summed E-state index contributed by atoms with van der Waals surface area (Å²) in [7, 11) is 1.66. The number of nitrogens with one attached hydrogen (secondary N) is 1. The van der Waals surface area contributed by atoms with Gasteiger partial charge in [0, 0.05) is 49.4 Å². The Morgan fingerprint density at radius 1 is 1.17 bits per heavy atom. The van der Waals surface area contributed by atoms with Crippen LogP contribution in [0.4, 0.5) is 24.9 Å². The van der Waals surface area contributed by atoms with E-state index in [1.165, 1.54) is 22.4 Å². The van der Waals surface area contributed by atoms with Gasteiger partial charge in [0.25, 0.3) is 5.91 Å². The zero-order valence-electron chi connectivity index (χ0n) is 18.2. The summed E-state index contributed by atoms with van der Waals surface area (Å²) in [5, 5.41) is 19.5. The average Bonchev–Trinajstić information content (AvgIpc) is 3.57. The van der Waals surface area contributed by atoms with Gasteiger partial charge in [-0.15, -0.1) is 29.6 Å². The molecule has 1 aliphatic rings. The standard InChI is InChI=1S/C22H18F3N7O2S/c1-31-10-7-21(34,19(31)33)14-4-2-3-13(11-14)18-27-16(12-35-18)15-5-8-26-20(28-15)29-17-6-9-32(30-17)22(23,24)25/h2-6,8-9,11-12,34H,7,10H2,1H3,(H,26,28,29,30)/t21-/m1/s1. The van der Waals surface area contributed by atoms with Gasteiger partial charge in [0.05, 0.1) is 5.69 Å². The Morgan fingerprint density at radius 3 is 2.71 bits per heavy atom. The van der Waals surface area contributed by atoms with E-state index in [4.69, 9.17) is 0 Å². The molecule has 1 aliphatic heterocycles. The van der Waals surface area contributed by atoms with E-state index in [9.17, 15) is 23.1 Å². The lowest BCUT2D eigenvalue weighted by atomic mass is 9.91. The second-order valence-electron chi connectivity index (χ2n) is 7.96. The molecule has 13 heteroatoms. The van der Waals surface area contributed by atoms with Crippen molar-refractivity contribution >= 4 is 29.0 Å². The van der Waals surface area contributed by atoms with Gasteiger partial charge in [0.15, 0.2) is 11.4 Å². The number of aromatic nitrogens is 5. The molecule has 0 saturated carbocycles. The minimum Gasteiger partial charge on any atom is -0.375 e. The predicted molar refractivity (Wildman–Crippen MR) is 122 cm³/mol. The SMILES string of the molecule is CN1CC[C@@](O)(c2cccc(-c3nc(-c4ccnc(Nc5ccn(C(F)(F)F)n5)n4)cs3)c2)C1=O. The number of carbonyl (C=O) groups excluding carboxylic acids is 1. The number of hydrogen-bond acceptors (Lipinski definition) is 8. The fourth-order valence-electron chi connectivity index (χ4n) is 3.76. The Bertz CT molecular complexity index is 1400. The van der Waals surface area contributed by atoms with Crippen LogP contribution in [0.15, 0.2) is 54.2 Å². The van der Waals surface area contributed by atoms with E-state index in [0.717, 1.165) is 17.8 Å². The Kier molecular flexibility index (Phi) is 5.52. The van der Waals surface area contributed by atoms with Crippen LogP contribution >= 0.6 is 11.3 Å². The monoisotopic (exact) mass is 501 g/mol. The molecule has 1 fully saturated rings. The van der Waals surface area contributed by atoms with Crippen LogP contribution in [0.1, 0.15) is 12.0 Å². The molecule has 0 aliphatic carbocycles. The third kappa shape index (κ3) is 4.35. The first kappa shape index (κ1) is 22.9. The molecule has 9 nitrogen and oxygen atoms in total. The van der Waals surface area contributed by atoms with E-state index in [2.05, 4.69) is 25.4 Å². The summed E-state index contributed by atoms with van der Waals surface area (Å²) >= 11 is 1.36. The van der Waals surface area contributed by atoms with E-state index in [-0.39, 0.29) is 22.4 Å². The third-order valence-corrected chi connectivity index (χ3v) is 6.50. The maximum Gasteiger partial charge on any atom is 0.504 e. The molecular formula is C22H18F3N7O2S. The molecule has 0 radical (unpaired) electrons. The normalized spacial score (nSPS) is 18.3. The van der Waals surface area contributed by atoms with Crippen molar-refractivity contribution in [2.75, 3.05) is 18.9 Å². The number of rotatable bonds is 5. The van der Waals surface area contributed by atoms with Gasteiger partial charge in [-0.2, -0.15) is 4.68 Å². The lowest BCUT2D eigenvalue weighted by Crippen LogP contribution is -2.36. The number of amides is 1. The molecule has 180 valence electrons. The minimum absolute atomic E-state index is 0.0553. The molecule has 0 bridgehead atoms. The summed E-state index contributed by atoms with van der Waals surface area (Å²) in [6.45, 7) is 0.474. The summed E-state index contributed by atoms with van der Waals surface area (Å²) < 4.78 is 38.1. The highest BCUT2D eigenvalue weighted by Crippen LogP contribution is 2.36. The van der Waals surface area contributed by atoms with E-state index in [1.54, 1.807) is 36.7 Å². The van der Waals surface area contributed by atoms with Crippen LogP contribution in [0.2, 0.25) is 0 Å². The molecule has 0 unspecified atom stereocenters. The van der Waals surface area contributed by atoms with Crippen molar-refractivity contribution in [1.29, 1.82) is 0 Å². The Hall–Kier alpha value is -3.84. The molecule has 3 aromatic heterocycles. The third-order valence-electron chi connectivity index (χ3n) is 5.61. The van der Waals surface area contributed by atoms with E-state index in [1.807, 2.05) is 6.07 Å². The first-order chi connectivity index (χ1) is 16.6. The van der Waals surface area contributed by atoms with Gasteiger partial charge in [-0.1, -0.05) is 18.2 Å². The second-order valence-corrected chi connectivity index (χ2v) is 8.82. The van der Waals surface area contributed by atoms with E-state index in [0.29, 0.717) is 34.9 Å². The Labute approximate surface area is 200 Å². The molecule has 1 amide bonds. The number of benzene rings is 1. The zero-order valence-corrected chi connectivity index (χ0v) is 19.0. The summed E-state index contributed by atoms with van der Waals surface area (Å²) in [6, 6.07) is 9.87. The van der Waals surface area contributed by atoms with E-state index < -0.39 is 11.9 Å². The predicted octanol–water partition coefficient (Wildman–Crippen LogP) is 3.73. The summed E-state index contributed by atoms with van der Waals surface area (Å²) in [5.74, 6) is -0.326. The summed E-state index contributed by atoms with van der Waals surface area (Å²) in [5.41, 5.74) is 0.684. The quantitative estimate of drug-likeness (QED) is 0.429. The first-order valence-corrected chi connectivity index (χ1v) is 11.3. The van der Waals surface area contributed by atoms with Gasteiger partial charge in [-0.25, -0.2) is 15.0 Å². The number of aliphatic hydroxyl groups is 1. The van der Waals surface area contributed by atoms with Crippen molar-refractivity contribution in [3.8, 4) is 22.0 Å². The van der Waals surface area contributed by atoms with Crippen molar-refractivity contribution in [3.05, 3.63) is 59.7 Å². The fraction of sp³-hybridized carbons (Fsp3) is 0.227. The number of likely N-dealkylation sites (tertiary alicyclic amines) is 1. The molecule has 4 aromatic rings. The molecule has 35 heavy (non-hydrogen) atoms. The van der Waals surface area contributed by atoms with Crippen molar-refractivity contribution in [2.24, 2.45) is 0 Å². The summed E-state index contributed by atoms with van der Waals surface area (Å²) in [4.78, 5) is 26.9. The topological polar surface area (TPSA) is 109 Å². The van der Waals surface area contributed by atoms with Crippen LogP contribution in [-0.4, -0.2) is 54.2 Å². The highest BCUT2D eigenvalue weighted by Gasteiger charge is 2.45. The van der Waals surface area contributed by atoms with Gasteiger partial charge in [-0.3, -0.25) is 4.79 Å². The second kappa shape index (κ2) is 8.43. The van der Waals surface area contributed by atoms with Crippen LogP contribution in [-0.2, 0) is 16.7 Å². The van der Waals surface area contributed by atoms with Gasteiger partial charge in [-0.05, 0) is 17.7 Å². The number of thiazole rings is 1. The average molecular weight is 501 g/mol. The van der Waals surface area contributed by atoms with Crippen LogP contribution < -0.4 is 5.32 Å². The lowest BCUT2D eigenvalue weighted by molar-refractivity contribution is -0.212. The van der Waals surface area contributed by atoms with Crippen molar-refractivity contribution in [1.82, 2.24) is 29.6 Å². The van der Waals surface area contributed by atoms with Gasteiger partial charge < -0.3 is 15.3 Å². The molecule has 4 heterocycles. The van der Waals surface area contributed by atoms with Crippen molar-refractivity contribution in [2.45, 2.75) is 18.3 Å².